The highest BCUT2D eigenvalue weighted by atomic mass is 16.2. The van der Waals surface area contributed by atoms with E-state index in [1.807, 2.05) is 24.3 Å². The van der Waals surface area contributed by atoms with Gasteiger partial charge in [-0.1, -0.05) is 24.3 Å². The molecule has 4 rings (SSSR count). The number of carbonyl (C=O) groups is 1. The van der Waals surface area contributed by atoms with Gasteiger partial charge in [-0.05, 0) is 31.2 Å². The van der Waals surface area contributed by atoms with E-state index in [1.165, 1.54) is 6.20 Å². The van der Waals surface area contributed by atoms with Crippen LogP contribution < -0.4 is 11.0 Å². The largest absolute Gasteiger partial charge is 0.290 e. The number of carbonyl (C=O) groups excluding carboxylic acids is 1. The van der Waals surface area contributed by atoms with Gasteiger partial charge in [-0.3, -0.25) is 20.0 Å². The van der Waals surface area contributed by atoms with Gasteiger partial charge >= 0.3 is 0 Å². The lowest BCUT2D eigenvalue weighted by molar-refractivity contribution is 0.100. The van der Waals surface area contributed by atoms with Gasteiger partial charge in [0.1, 0.15) is 11.5 Å². The molecule has 0 bridgehead atoms. The lowest BCUT2D eigenvalue weighted by Gasteiger charge is -2.11. The highest BCUT2D eigenvalue weighted by Crippen LogP contribution is 2.09. The first-order valence-corrected chi connectivity index (χ1v) is 7.65. The van der Waals surface area contributed by atoms with Crippen LogP contribution in [0.3, 0.4) is 0 Å². The average molecular weight is 331 g/mol. The Morgan fingerprint density at radius 1 is 0.960 bits per heavy atom. The Hall–Kier alpha value is -3.61. The number of fused-ring (bicyclic) bond motifs is 2. The highest BCUT2D eigenvalue weighted by molar-refractivity contribution is 5.99. The van der Waals surface area contributed by atoms with Crippen molar-refractivity contribution >= 4 is 27.8 Å². The molecule has 0 aliphatic carbocycles. The Balaban J connectivity index is 1.75. The summed E-state index contributed by atoms with van der Waals surface area (Å²) in [6.07, 6.45) is 1.38. The zero-order chi connectivity index (χ0) is 17.4. The first kappa shape index (κ1) is 14.9. The van der Waals surface area contributed by atoms with E-state index < -0.39 is 5.91 Å². The van der Waals surface area contributed by atoms with Crippen LogP contribution >= 0.6 is 0 Å². The van der Waals surface area contributed by atoms with Gasteiger partial charge in [0.15, 0.2) is 0 Å². The quantitative estimate of drug-likeness (QED) is 0.607. The van der Waals surface area contributed by atoms with E-state index in [1.54, 1.807) is 31.2 Å². The summed E-state index contributed by atoms with van der Waals surface area (Å²) in [5.41, 5.74) is 4.22. The summed E-state index contributed by atoms with van der Waals surface area (Å²) in [6, 6.07) is 14.2. The van der Waals surface area contributed by atoms with Gasteiger partial charge in [-0.25, -0.2) is 14.6 Å². The molecule has 122 valence electrons. The van der Waals surface area contributed by atoms with E-state index in [0.717, 1.165) is 4.68 Å². The maximum Gasteiger partial charge on any atom is 0.290 e. The molecular weight excluding hydrogens is 318 g/mol. The molecule has 1 amide bonds. The van der Waals surface area contributed by atoms with E-state index in [4.69, 9.17) is 0 Å². The number of aromatic nitrogens is 4. The summed E-state index contributed by atoms with van der Waals surface area (Å²) in [4.78, 5) is 37.9. The predicted molar refractivity (Wildman–Crippen MR) is 94.0 cm³/mol. The fourth-order valence-electron chi connectivity index (χ4n) is 2.60. The minimum absolute atomic E-state index is 0.123. The van der Waals surface area contributed by atoms with Crippen LogP contribution in [0.15, 0.2) is 59.5 Å². The minimum Gasteiger partial charge on any atom is -0.267 e. The summed E-state index contributed by atoms with van der Waals surface area (Å²) in [5.74, 6) is -0.147. The zero-order valence-electron chi connectivity index (χ0n) is 13.3. The van der Waals surface area contributed by atoms with Crippen LogP contribution in [0.5, 0.6) is 0 Å². The zero-order valence-corrected chi connectivity index (χ0v) is 13.3. The number of rotatable bonds is 2. The molecule has 0 radical (unpaired) electrons. The molecule has 1 N–H and O–H groups in total. The van der Waals surface area contributed by atoms with Crippen LogP contribution in [0.25, 0.3) is 21.9 Å². The Labute approximate surface area is 142 Å². The van der Waals surface area contributed by atoms with Crippen molar-refractivity contribution in [2.24, 2.45) is 0 Å². The van der Waals surface area contributed by atoms with E-state index in [0.29, 0.717) is 27.8 Å². The lowest BCUT2D eigenvalue weighted by Crippen LogP contribution is -2.35. The molecule has 2 aromatic heterocycles. The van der Waals surface area contributed by atoms with E-state index in [9.17, 15) is 9.59 Å². The molecule has 2 heterocycles. The fraction of sp³-hybridized carbons (Fsp3) is 0.0556. The fourth-order valence-corrected chi connectivity index (χ4v) is 2.60. The molecule has 7 heteroatoms. The Kier molecular flexibility index (Phi) is 3.46. The third kappa shape index (κ3) is 2.61. The summed E-state index contributed by atoms with van der Waals surface area (Å²) in [5, 5.41) is 0.429. The first-order valence-electron chi connectivity index (χ1n) is 7.65. The molecule has 0 aliphatic heterocycles. The molecule has 7 nitrogen and oxygen atoms in total. The molecule has 0 atom stereocenters. The van der Waals surface area contributed by atoms with Gasteiger partial charge in [0, 0.05) is 0 Å². The second kappa shape index (κ2) is 5.79. The maximum atomic E-state index is 12.6. The second-order valence-electron chi connectivity index (χ2n) is 5.50. The standard InChI is InChI=1S/C18H13N5O2/c1-11-20-13-7-3-2-6-12(13)18(25)23(11)22-17(24)16-10-19-14-8-4-5-9-15(14)21-16/h2-10H,1H3,(H,22,24). The van der Waals surface area contributed by atoms with Gasteiger partial charge in [0.25, 0.3) is 11.5 Å². The van der Waals surface area contributed by atoms with Crippen LogP contribution in [-0.4, -0.2) is 25.5 Å². The van der Waals surface area contributed by atoms with Gasteiger partial charge in [-0.2, -0.15) is 0 Å². The monoisotopic (exact) mass is 331 g/mol. The number of nitrogens with one attached hydrogen (secondary N) is 1. The molecule has 0 saturated heterocycles. The van der Waals surface area contributed by atoms with Crippen molar-refractivity contribution in [2.75, 3.05) is 5.43 Å². The van der Waals surface area contributed by atoms with Crippen molar-refractivity contribution < 1.29 is 4.79 Å². The van der Waals surface area contributed by atoms with Gasteiger partial charge in [0.05, 0.1) is 28.1 Å². The topological polar surface area (TPSA) is 89.8 Å². The molecule has 4 aromatic rings. The van der Waals surface area contributed by atoms with Crippen LogP contribution in [0.4, 0.5) is 0 Å². The molecule has 0 saturated carbocycles. The normalized spacial score (nSPS) is 10.9. The summed E-state index contributed by atoms with van der Waals surface area (Å²) >= 11 is 0. The summed E-state index contributed by atoms with van der Waals surface area (Å²) in [7, 11) is 0. The van der Waals surface area contributed by atoms with Crippen LogP contribution in [0.2, 0.25) is 0 Å². The van der Waals surface area contributed by atoms with Gasteiger partial charge < -0.3 is 0 Å². The van der Waals surface area contributed by atoms with E-state index in [-0.39, 0.29) is 11.3 Å². The van der Waals surface area contributed by atoms with Crippen LogP contribution in [0.1, 0.15) is 16.3 Å². The summed E-state index contributed by atoms with van der Waals surface area (Å²) in [6.45, 7) is 1.65. The van der Waals surface area contributed by atoms with Crippen molar-refractivity contribution in [1.29, 1.82) is 0 Å². The SMILES string of the molecule is Cc1nc2ccccc2c(=O)n1NC(=O)c1cnc2ccccc2n1. The van der Waals surface area contributed by atoms with Crippen molar-refractivity contribution in [3.8, 4) is 0 Å². The Morgan fingerprint density at radius 3 is 2.44 bits per heavy atom. The highest BCUT2D eigenvalue weighted by Gasteiger charge is 2.13. The number of hydrogen-bond acceptors (Lipinski definition) is 5. The third-order valence-corrected chi connectivity index (χ3v) is 3.84. The van der Waals surface area contributed by atoms with Crippen molar-refractivity contribution in [1.82, 2.24) is 19.6 Å². The Morgan fingerprint density at radius 2 is 1.64 bits per heavy atom. The number of amides is 1. The number of hydrogen-bond donors (Lipinski definition) is 1. The average Bonchev–Trinajstić information content (AvgIpc) is 2.64. The summed E-state index contributed by atoms with van der Waals surface area (Å²) < 4.78 is 1.13. The molecule has 0 aliphatic rings. The number of nitrogens with zero attached hydrogens (tertiary/aromatic N) is 4. The third-order valence-electron chi connectivity index (χ3n) is 3.84. The Bertz CT molecular complexity index is 1180. The maximum absolute atomic E-state index is 12.6. The number of aryl methyl sites for hydroxylation is 1. The second-order valence-corrected chi connectivity index (χ2v) is 5.50. The molecular formula is C18H13N5O2. The van der Waals surface area contributed by atoms with Gasteiger partial charge in [0.2, 0.25) is 0 Å². The molecule has 25 heavy (non-hydrogen) atoms. The molecule has 0 fully saturated rings. The van der Waals surface area contributed by atoms with E-state index >= 15 is 0 Å². The molecule has 2 aromatic carbocycles. The van der Waals surface area contributed by atoms with Crippen molar-refractivity contribution in [3.05, 3.63) is 76.6 Å². The predicted octanol–water partition coefficient (Wildman–Crippen LogP) is 2.03. The smallest absolute Gasteiger partial charge is 0.267 e. The molecule has 0 spiro atoms. The van der Waals surface area contributed by atoms with Gasteiger partial charge in [-0.15, -0.1) is 0 Å². The van der Waals surface area contributed by atoms with Crippen molar-refractivity contribution in [2.45, 2.75) is 6.92 Å². The first-order chi connectivity index (χ1) is 12.1. The molecule has 0 unspecified atom stereocenters. The van der Waals surface area contributed by atoms with Crippen molar-refractivity contribution in [3.63, 3.8) is 0 Å². The van der Waals surface area contributed by atoms with Crippen LogP contribution in [-0.2, 0) is 0 Å². The van der Waals surface area contributed by atoms with E-state index in [2.05, 4.69) is 20.4 Å². The lowest BCUT2D eigenvalue weighted by atomic mass is 10.2. The number of para-hydroxylation sites is 3. The minimum atomic E-state index is -0.527. The number of benzene rings is 2. The van der Waals surface area contributed by atoms with Crippen LogP contribution in [0, 0.1) is 6.92 Å².